The molecule has 0 bridgehead atoms. The maximum atomic E-state index is 11.1. The van der Waals surface area contributed by atoms with E-state index in [0.29, 0.717) is 6.04 Å². The fourth-order valence-electron chi connectivity index (χ4n) is 1.92. The molecule has 0 spiro atoms. The summed E-state index contributed by atoms with van der Waals surface area (Å²) in [6.45, 7) is 7.26. The van der Waals surface area contributed by atoms with Crippen molar-refractivity contribution in [2.24, 2.45) is 0 Å². The normalized spacial score (nSPS) is 21.3. The minimum atomic E-state index is -0.208. The maximum Gasteiger partial charge on any atom is 0.322 e. The van der Waals surface area contributed by atoms with E-state index in [-0.39, 0.29) is 12.0 Å². The highest BCUT2D eigenvalue weighted by Crippen LogP contribution is 2.10. The van der Waals surface area contributed by atoms with Gasteiger partial charge in [-0.3, -0.25) is 9.69 Å². The third-order valence-electron chi connectivity index (χ3n) is 3.04. The minimum Gasteiger partial charge on any atom is -0.468 e. The van der Waals surface area contributed by atoms with Crippen molar-refractivity contribution in [3.05, 3.63) is 0 Å². The molecular weight excluding hydrogens is 192 g/mol. The van der Waals surface area contributed by atoms with Gasteiger partial charge < -0.3 is 10.1 Å². The molecule has 0 aromatic carbocycles. The van der Waals surface area contributed by atoms with E-state index < -0.39 is 0 Å². The van der Waals surface area contributed by atoms with Crippen molar-refractivity contribution in [1.29, 1.82) is 0 Å². The molecule has 4 nitrogen and oxygen atoms in total. The Morgan fingerprint density at radius 1 is 1.40 bits per heavy atom. The molecule has 0 aromatic rings. The van der Waals surface area contributed by atoms with Crippen molar-refractivity contribution in [2.75, 3.05) is 26.7 Å². The lowest BCUT2D eigenvalue weighted by Gasteiger charge is -2.25. The van der Waals surface area contributed by atoms with Crippen LogP contribution in [0.2, 0.25) is 0 Å². The Hall–Kier alpha value is -0.610. The zero-order chi connectivity index (χ0) is 11.3. The molecule has 1 fully saturated rings. The third kappa shape index (κ3) is 3.80. The molecule has 0 saturated carbocycles. The molecular formula is C11H22N2O2. The summed E-state index contributed by atoms with van der Waals surface area (Å²) in [6, 6.07) is 0.291. The molecule has 1 aliphatic heterocycles. The van der Waals surface area contributed by atoms with Crippen LogP contribution in [0.3, 0.4) is 0 Å². The van der Waals surface area contributed by atoms with Gasteiger partial charge in [0, 0.05) is 12.6 Å². The first-order valence-corrected chi connectivity index (χ1v) is 5.70. The standard InChI is InChI=1S/C11H22N2O2/c1-9(13-6-4-5-7-13)8-12-10(2)11(14)15-3/h9-10,12H,4-8H2,1-3H3. The number of carbonyl (C=O) groups excluding carboxylic acids is 1. The topological polar surface area (TPSA) is 41.6 Å². The van der Waals surface area contributed by atoms with Crippen LogP contribution in [0.1, 0.15) is 26.7 Å². The first-order chi connectivity index (χ1) is 7.15. The lowest BCUT2D eigenvalue weighted by Crippen LogP contribution is -2.44. The van der Waals surface area contributed by atoms with E-state index in [1.807, 2.05) is 6.92 Å². The van der Waals surface area contributed by atoms with Crippen LogP contribution in [0.15, 0.2) is 0 Å². The SMILES string of the molecule is COC(=O)C(C)NCC(C)N1CCCC1. The fraction of sp³-hybridized carbons (Fsp3) is 0.909. The van der Waals surface area contributed by atoms with Gasteiger partial charge in [0.15, 0.2) is 0 Å². The highest BCUT2D eigenvalue weighted by Gasteiger charge is 2.19. The predicted octanol–water partition coefficient (Wildman–Crippen LogP) is 0.622. The summed E-state index contributed by atoms with van der Waals surface area (Å²) < 4.78 is 4.65. The lowest BCUT2D eigenvalue weighted by molar-refractivity contribution is -0.142. The van der Waals surface area contributed by atoms with Gasteiger partial charge in [-0.2, -0.15) is 0 Å². The van der Waals surface area contributed by atoms with Crippen molar-refractivity contribution in [3.8, 4) is 0 Å². The first-order valence-electron chi connectivity index (χ1n) is 5.70. The van der Waals surface area contributed by atoms with Crippen LogP contribution in [-0.4, -0.2) is 49.7 Å². The zero-order valence-corrected chi connectivity index (χ0v) is 9.95. The molecule has 0 amide bonds. The Bertz CT molecular complexity index is 203. The van der Waals surface area contributed by atoms with Crippen LogP contribution in [0.5, 0.6) is 0 Å². The maximum absolute atomic E-state index is 11.1. The number of rotatable bonds is 5. The summed E-state index contributed by atoms with van der Waals surface area (Å²) in [7, 11) is 1.42. The molecule has 0 radical (unpaired) electrons. The van der Waals surface area contributed by atoms with Crippen LogP contribution < -0.4 is 5.32 Å². The summed E-state index contributed by atoms with van der Waals surface area (Å²) in [4.78, 5) is 13.6. The molecule has 1 N–H and O–H groups in total. The number of nitrogens with one attached hydrogen (secondary N) is 1. The summed E-state index contributed by atoms with van der Waals surface area (Å²) in [6.07, 6.45) is 2.60. The highest BCUT2D eigenvalue weighted by atomic mass is 16.5. The van der Waals surface area contributed by atoms with Gasteiger partial charge in [0.1, 0.15) is 6.04 Å². The van der Waals surface area contributed by atoms with Gasteiger partial charge in [0.05, 0.1) is 7.11 Å². The van der Waals surface area contributed by atoms with Gasteiger partial charge in [0.2, 0.25) is 0 Å². The van der Waals surface area contributed by atoms with Gasteiger partial charge in [0.25, 0.3) is 0 Å². The quantitative estimate of drug-likeness (QED) is 0.681. The second kappa shape index (κ2) is 6.08. The van der Waals surface area contributed by atoms with E-state index in [4.69, 9.17) is 0 Å². The molecule has 4 heteroatoms. The third-order valence-corrected chi connectivity index (χ3v) is 3.04. The Morgan fingerprint density at radius 2 is 2.00 bits per heavy atom. The van der Waals surface area contributed by atoms with E-state index in [1.165, 1.54) is 33.0 Å². The number of hydrogen-bond donors (Lipinski definition) is 1. The van der Waals surface area contributed by atoms with Gasteiger partial charge in [-0.15, -0.1) is 0 Å². The molecule has 1 heterocycles. The van der Waals surface area contributed by atoms with Gasteiger partial charge in [-0.05, 0) is 39.8 Å². The van der Waals surface area contributed by atoms with E-state index in [0.717, 1.165) is 6.54 Å². The van der Waals surface area contributed by atoms with E-state index >= 15 is 0 Å². The molecule has 2 unspecified atom stereocenters. The number of ether oxygens (including phenoxy) is 1. The van der Waals surface area contributed by atoms with Gasteiger partial charge >= 0.3 is 5.97 Å². The number of nitrogens with zero attached hydrogens (tertiary/aromatic N) is 1. The molecule has 1 aliphatic rings. The number of carbonyl (C=O) groups is 1. The largest absolute Gasteiger partial charge is 0.468 e. The smallest absolute Gasteiger partial charge is 0.322 e. The van der Waals surface area contributed by atoms with Crippen LogP contribution in [0, 0.1) is 0 Å². The Morgan fingerprint density at radius 3 is 2.53 bits per heavy atom. The molecule has 0 aliphatic carbocycles. The average Bonchev–Trinajstić information content (AvgIpc) is 2.77. The van der Waals surface area contributed by atoms with E-state index in [2.05, 4.69) is 21.9 Å². The van der Waals surface area contributed by atoms with Crippen LogP contribution >= 0.6 is 0 Å². The molecule has 88 valence electrons. The van der Waals surface area contributed by atoms with Crippen LogP contribution in [-0.2, 0) is 9.53 Å². The molecule has 2 atom stereocenters. The Kier molecular flexibility index (Phi) is 5.05. The second-order valence-electron chi connectivity index (χ2n) is 4.25. The van der Waals surface area contributed by atoms with Crippen LogP contribution in [0.4, 0.5) is 0 Å². The molecule has 15 heavy (non-hydrogen) atoms. The average molecular weight is 214 g/mol. The molecule has 1 rings (SSSR count). The number of hydrogen-bond acceptors (Lipinski definition) is 4. The van der Waals surface area contributed by atoms with Crippen molar-refractivity contribution < 1.29 is 9.53 Å². The van der Waals surface area contributed by atoms with Crippen LogP contribution in [0.25, 0.3) is 0 Å². The Balaban J connectivity index is 2.20. The summed E-state index contributed by atoms with van der Waals surface area (Å²) in [5, 5.41) is 3.19. The lowest BCUT2D eigenvalue weighted by atomic mass is 10.2. The number of methoxy groups -OCH3 is 1. The number of esters is 1. The molecule has 0 aromatic heterocycles. The van der Waals surface area contributed by atoms with E-state index in [1.54, 1.807) is 0 Å². The Labute approximate surface area is 92.0 Å². The summed E-state index contributed by atoms with van der Waals surface area (Å²) >= 11 is 0. The number of likely N-dealkylation sites (tertiary alicyclic amines) is 1. The molecule has 1 saturated heterocycles. The van der Waals surface area contributed by atoms with Gasteiger partial charge in [-0.25, -0.2) is 0 Å². The highest BCUT2D eigenvalue weighted by molar-refractivity contribution is 5.75. The van der Waals surface area contributed by atoms with Crippen molar-refractivity contribution >= 4 is 5.97 Å². The first kappa shape index (κ1) is 12.5. The second-order valence-corrected chi connectivity index (χ2v) is 4.25. The van der Waals surface area contributed by atoms with Crippen molar-refractivity contribution in [1.82, 2.24) is 10.2 Å². The fourth-order valence-corrected chi connectivity index (χ4v) is 1.92. The van der Waals surface area contributed by atoms with Crippen molar-refractivity contribution in [3.63, 3.8) is 0 Å². The predicted molar refractivity (Wildman–Crippen MR) is 59.7 cm³/mol. The van der Waals surface area contributed by atoms with Crippen molar-refractivity contribution in [2.45, 2.75) is 38.8 Å². The zero-order valence-electron chi connectivity index (χ0n) is 9.95. The minimum absolute atomic E-state index is 0.191. The monoisotopic (exact) mass is 214 g/mol. The van der Waals surface area contributed by atoms with Gasteiger partial charge in [-0.1, -0.05) is 0 Å². The summed E-state index contributed by atoms with van der Waals surface area (Å²) in [5.74, 6) is -0.191. The summed E-state index contributed by atoms with van der Waals surface area (Å²) in [5.41, 5.74) is 0. The van der Waals surface area contributed by atoms with E-state index in [9.17, 15) is 4.79 Å².